The van der Waals surface area contributed by atoms with Crippen molar-refractivity contribution in [1.29, 1.82) is 0 Å². The molecule has 0 spiro atoms. The molecule has 0 aliphatic carbocycles. The molecule has 0 unspecified atom stereocenters. The van der Waals surface area contributed by atoms with Crippen LogP contribution in [0.2, 0.25) is 0 Å². The topological polar surface area (TPSA) is 72.6 Å². The SMILES string of the molecule is Cc1ccc(O)c(OC[N+](=O)[O-])c1. The molecule has 0 fully saturated rings. The maximum atomic E-state index is 9.97. The van der Waals surface area contributed by atoms with Crippen LogP contribution < -0.4 is 4.74 Å². The lowest BCUT2D eigenvalue weighted by molar-refractivity contribution is -0.514. The lowest BCUT2D eigenvalue weighted by Crippen LogP contribution is -2.08. The Kier molecular flexibility index (Phi) is 2.69. The molecule has 0 amide bonds. The predicted molar refractivity (Wildman–Crippen MR) is 45.3 cm³/mol. The number of aryl methyl sites for hydroxylation is 1. The van der Waals surface area contributed by atoms with Crippen molar-refractivity contribution in [2.75, 3.05) is 6.73 Å². The number of phenols is 1. The second-order valence-corrected chi connectivity index (χ2v) is 2.58. The van der Waals surface area contributed by atoms with E-state index in [0.29, 0.717) is 0 Å². The molecule has 0 aliphatic rings. The van der Waals surface area contributed by atoms with Crippen LogP contribution in [-0.4, -0.2) is 16.8 Å². The molecule has 1 N–H and O–H groups in total. The fourth-order valence-corrected chi connectivity index (χ4v) is 0.859. The third kappa shape index (κ3) is 2.62. The van der Waals surface area contributed by atoms with E-state index >= 15 is 0 Å². The molecular formula is C8H9NO4. The molecule has 0 aliphatic heterocycles. The van der Waals surface area contributed by atoms with Crippen molar-refractivity contribution in [3.8, 4) is 11.5 Å². The Bertz CT molecular complexity index is 324. The summed E-state index contributed by atoms with van der Waals surface area (Å²) in [4.78, 5) is 9.36. The van der Waals surface area contributed by atoms with Gasteiger partial charge in [-0.25, -0.2) is 0 Å². The summed E-state index contributed by atoms with van der Waals surface area (Å²) in [6.07, 6.45) is 0. The van der Waals surface area contributed by atoms with Gasteiger partial charge in [0, 0.05) is 0 Å². The molecule has 0 atom stereocenters. The molecular weight excluding hydrogens is 174 g/mol. The summed E-state index contributed by atoms with van der Waals surface area (Å²) >= 11 is 0. The Morgan fingerprint density at radius 3 is 2.92 bits per heavy atom. The number of nitrogens with zero attached hydrogens (tertiary/aromatic N) is 1. The van der Waals surface area contributed by atoms with Crippen LogP contribution in [0, 0.1) is 17.0 Å². The third-order valence-corrected chi connectivity index (χ3v) is 1.44. The van der Waals surface area contributed by atoms with E-state index in [0.717, 1.165) is 5.56 Å². The minimum absolute atomic E-state index is 0.0903. The first-order valence-corrected chi connectivity index (χ1v) is 3.64. The van der Waals surface area contributed by atoms with E-state index in [4.69, 9.17) is 4.74 Å². The fourth-order valence-electron chi connectivity index (χ4n) is 0.859. The van der Waals surface area contributed by atoms with Crippen LogP contribution in [-0.2, 0) is 0 Å². The summed E-state index contributed by atoms with van der Waals surface area (Å²) in [5.74, 6) is 0.0455. The van der Waals surface area contributed by atoms with Gasteiger partial charge in [-0.05, 0) is 24.6 Å². The van der Waals surface area contributed by atoms with Crippen LogP contribution in [0.25, 0.3) is 0 Å². The summed E-state index contributed by atoms with van der Waals surface area (Å²) < 4.78 is 4.73. The first-order chi connectivity index (χ1) is 6.09. The zero-order chi connectivity index (χ0) is 9.84. The Labute approximate surface area is 74.7 Å². The molecule has 1 aromatic rings. The minimum Gasteiger partial charge on any atom is -0.504 e. The number of rotatable bonds is 3. The number of nitro groups is 1. The van der Waals surface area contributed by atoms with Crippen molar-refractivity contribution in [2.24, 2.45) is 0 Å². The van der Waals surface area contributed by atoms with Crippen molar-refractivity contribution in [2.45, 2.75) is 6.92 Å². The van der Waals surface area contributed by atoms with Gasteiger partial charge in [0.1, 0.15) is 0 Å². The van der Waals surface area contributed by atoms with Crippen molar-refractivity contribution in [3.63, 3.8) is 0 Å². The number of benzene rings is 1. The molecule has 1 aromatic carbocycles. The number of ether oxygens (including phenoxy) is 1. The minimum atomic E-state index is -0.642. The smallest absolute Gasteiger partial charge is 0.344 e. The lowest BCUT2D eigenvalue weighted by atomic mass is 10.2. The van der Waals surface area contributed by atoms with Crippen LogP contribution in [0.3, 0.4) is 0 Å². The van der Waals surface area contributed by atoms with E-state index in [2.05, 4.69) is 0 Å². The van der Waals surface area contributed by atoms with Crippen LogP contribution in [0.5, 0.6) is 11.5 Å². The van der Waals surface area contributed by atoms with Gasteiger partial charge in [0.15, 0.2) is 11.5 Å². The van der Waals surface area contributed by atoms with E-state index < -0.39 is 11.7 Å². The summed E-state index contributed by atoms with van der Waals surface area (Å²) in [5.41, 5.74) is 0.871. The Hall–Kier alpha value is -1.78. The summed E-state index contributed by atoms with van der Waals surface area (Å²) in [5, 5.41) is 19.2. The van der Waals surface area contributed by atoms with Gasteiger partial charge in [-0.1, -0.05) is 6.07 Å². The summed E-state index contributed by atoms with van der Waals surface area (Å²) in [7, 11) is 0. The second kappa shape index (κ2) is 3.75. The first kappa shape index (κ1) is 9.31. The van der Waals surface area contributed by atoms with Crippen molar-refractivity contribution in [1.82, 2.24) is 0 Å². The molecule has 0 radical (unpaired) electrons. The molecule has 1 rings (SSSR count). The normalized spacial score (nSPS) is 9.62. The van der Waals surface area contributed by atoms with Gasteiger partial charge in [0.05, 0.1) is 4.92 Å². The van der Waals surface area contributed by atoms with Gasteiger partial charge in [-0.2, -0.15) is 0 Å². The van der Waals surface area contributed by atoms with E-state index in [-0.39, 0.29) is 11.5 Å². The van der Waals surface area contributed by atoms with Crippen molar-refractivity contribution in [3.05, 3.63) is 33.9 Å². The maximum absolute atomic E-state index is 9.97. The molecule has 0 saturated heterocycles. The van der Waals surface area contributed by atoms with Gasteiger partial charge in [-0.15, -0.1) is 0 Å². The predicted octanol–water partition coefficient (Wildman–Crippen LogP) is 1.31. The van der Waals surface area contributed by atoms with E-state index in [1.165, 1.54) is 6.07 Å². The monoisotopic (exact) mass is 183 g/mol. The zero-order valence-corrected chi connectivity index (χ0v) is 7.06. The van der Waals surface area contributed by atoms with Gasteiger partial charge in [0.25, 0.3) is 0 Å². The zero-order valence-electron chi connectivity index (χ0n) is 7.06. The standard InChI is InChI=1S/C8H9NO4/c1-6-2-3-7(10)8(4-6)13-5-9(11)12/h2-4,10H,5H2,1H3. The first-order valence-electron chi connectivity index (χ1n) is 3.64. The molecule has 13 heavy (non-hydrogen) atoms. The van der Waals surface area contributed by atoms with Crippen LogP contribution in [0.1, 0.15) is 5.56 Å². The van der Waals surface area contributed by atoms with E-state index in [1.807, 2.05) is 0 Å². The Morgan fingerprint density at radius 1 is 1.62 bits per heavy atom. The van der Waals surface area contributed by atoms with Crippen molar-refractivity contribution < 1.29 is 14.8 Å². The van der Waals surface area contributed by atoms with Gasteiger partial charge >= 0.3 is 6.73 Å². The van der Waals surface area contributed by atoms with Gasteiger partial charge < -0.3 is 9.84 Å². The molecule has 0 aromatic heterocycles. The highest BCUT2D eigenvalue weighted by Crippen LogP contribution is 2.26. The average Bonchev–Trinajstić information content (AvgIpc) is 2.06. The maximum Gasteiger partial charge on any atom is 0.344 e. The highest BCUT2D eigenvalue weighted by atomic mass is 16.7. The highest BCUT2D eigenvalue weighted by Gasteiger charge is 2.04. The molecule has 0 bridgehead atoms. The Morgan fingerprint density at radius 2 is 2.31 bits per heavy atom. The van der Waals surface area contributed by atoms with E-state index in [1.54, 1.807) is 19.1 Å². The van der Waals surface area contributed by atoms with Gasteiger partial charge in [0.2, 0.25) is 0 Å². The van der Waals surface area contributed by atoms with Crippen LogP contribution in [0.4, 0.5) is 0 Å². The lowest BCUT2D eigenvalue weighted by Gasteiger charge is -2.04. The Balaban J connectivity index is 2.75. The number of hydrogen-bond donors (Lipinski definition) is 1. The highest BCUT2D eigenvalue weighted by molar-refractivity contribution is 5.41. The third-order valence-electron chi connectivity index (χ3n) is 1.44. The number of phenolic OH excluding ortho intramolecular Hbond substituents is 1. The number of aromatic hydroxyl groups is 1. The fraction of sp³-hybridized carbons (Fsp3) is 0.250. The van der Waals surface area contributed by atoms with Crippen molar-refractivity contribution >= 4 is 0 Å². The molecule has 5 nitrogen and oxygen atoms in total. The quantitative estimate of drug-likeness (QED) is 0.435. The summed E-state index contributed by atoms with van der Waals surface area (Å²) in [6, 6.07) is 4.66. The molecule has 0 saturated carbocycles. The van der Waals surface area contributed by atoms with Crippen LogP contribution in [0.15, 0.2) is 18.2 Å². The average molecular weight is 183 g/mol. The van der Waals surface area contributed by atoms with Gasteiger partial charge in [-0.3, -0.25) is 10.1 Å². The molecule has 70 valence electrons. The van der Waals surface area contributed by atoms with E-state index in [9.17, 15) is 15.2 Å². The summed E-state index contributed by atoms with van der Waals surface area (Å²) in [6.45, 7) is 1.16. The second-order valence-electron chi connectivity index (χ2n) is 2.58. The van der Waals surface area contributed by atoms with Crippen LogP contribution >= 0.6 is 0 Å². The molecule has 0 heterocycles. The molecule has 5 heteroatoms. The number of hydrogen-bond acceptors (Lipinski definition) is 4. The largest absolute Gasteiger partial charge is 0.504 e.